The van der Waals surface area contributed by atoms with Gasteiger partial charge in [0.2, 0.25) is 17.4 Å². The number of nitrogens with zero attached hydrogens (tertiary/aromatic N) is 3. The number of likely N-dealkylation sites (tertiary alicyclic amines) is 1. The lowest BCUT2D eigenvalue weighted by molar-refractivity contribution is -0.147. The van der Waals surface area contributed by atoms with Gasteiger partial charge < -0.3 is 19.9 Å². The minimum absolute atomic E-state index is 0.00659. The van der Waals surface area contributed by atoms with Gasteiger partial charge in [0.25, 0.3) is 5.91 Å². The van der Waals surface area contributed by atoms with E-state index in [9.17, 15) is 28.2 Å². The predicted molar refractivity (Wildman–Crippen MR) is 147 cm³/mol. The van der Waals surface area contributed by atoms with Crippen LogP contribution in [-0.2, 0) is 31.9 Å². The number of amides is 3. The Hall–Kier alpha value is -3.04. The molecule has 4 fully saturated rings. The molecule has 5 aliphatic rings. The molecule has 3 saturated carbocycles. The van der Waals surface area contributed by atoms with Crippen molar-refractivity contribution in [2.75, 3.05) is 13.6 Å². The molecular weight excluding hydrogens is 549 g/mol. The zero-order valence-corrected chi connectivity index (χ0v) is 24.0. The van der Waals surface area contributed by atoms with E-state index in [-0.39, 0.29) is 44.2 Å². The summed E-state index contributed by atoms with van der Waals surface area (Å²) in [6.45, 7) is 0.159. The van der Waals surface area contributed by atoms with Crippen molar-refractivity contribution in [3.63, 3.8) is 0 Å². The van der Waals surface area contributed by atoms with Gasteiger partial charge in [0, 0.05) is 25.6 Å². The van der Waals surface area contributed by atoms with Crippen LogP contribution in [0.2, 0.25) is 0 Å². The van der Waals surface area contributed by atoms with E-state index < -0.39 is 51.5 Å². The van der Waals surface area contributed by atoms with Gasteiger partial charge in [-0.25, -0.2) is 13.3 Å². The summed E-state index contributed by atoms with van der Waals surface area (Å²) in [5.74, 6) is -0.116. The molecule has 1 aromatic carbocycles. The largest absolute Gasteiger partial charge is 0.475 e. The Labute approximate surface area is 241 Å². The molecule has 3 amide bonds. The van der Waals surface area contributed by atoms with Crippen molar-refractivity contribution in [2.24, 2.45) is 11.8 Å². The number of para-hydroxylation sites is 1. The molecule has 1 saturated heterocycles. The first-order valence-corrected chi connectivity index (χ1v) is 15.7. The van der Waals surface area contributed by atoms with Crippen LogP contribution in [0.15, 0.2) is 24.3 Å². The van der Waals surface area contributed by atoms with E-state index in [2.05, 4.69) is 16.1 Å². The molecule has 2 N–H and O–H groups in total. The van der Waals surface area contributed by atoms with Crippen LogP contribution in [0.1, 0.15) is 63.4 Å². The molecule has 0 aromatic heterocycles. The summed E-state index contributed by atoms with van der Waals surface area (Å²) in [4.78, 5) is 44.1. The van der Waals surface area contributed by atoms with E-state index in [1.54, 1.807) is 19.2 Å². The third kappa shape index (κ3) is 5.71. The number of carbonyl (C=O) groups excluding carboxylic acids is 3. The molecule has 41 heavy (non-hydrogen) atoms. The molecule has 2 heterocycles. The fourth-order valence-corrected chi connectivity index (χ4v) is 7.03. The maximum atomic E-state index is 14.5. The minimum atomic E-state index is -2.01. The molecular formula is C29H36FN5O5S. The zero-order chi connectivity index (χ0) is 28.9. The van der Waals surface area contributed by atoms with Gasteiger partial charge in [-0.15, -0.1) is 0 Å². The number of benzene rings is 1. The van der Waals surface area contributed by atoms with Gasteiger partial charge in [0.15, 0.2) is 5.00 Å². The van der Waals surface area contributed by atoms with Gasteiger partial charge in [-0.3, -0.25) is 14.4 Å². The van der Waals surface area contributed by atoms with Crippen LogP contribution < -0.4 is 14.8 Å². The second-order valence-corrected chi connectivity index (χ2v) is 13.9. The first-order chi connectivity index (χ1) is 19.6. The molecule has 5 unspecified atom stereocenters. The molecule has 220 valence electrons. The van der Waals surface area contributed by atoms with Gasteiger partial charge in [-0.05, 0) is 43.6 Å². The van der Waals surface area contributed by atoms with E-state index in [1.165, 1.54) is 9.80 Å². The van der Waals surface area contributed by atoms with Gasteiger partial charge in [0.05, 0.1) is 18.7 Å². The van der Waals surface area contributed by atoms with Crippen molar-refractivity contribution < 1.29 is 27.7 Å². The van der Waals surface area contributed by atoms with Crippen LogP contribution in [0.3, 0.4) is 0 Å². The smallest absolute Gasteiger partial charge is 0.266 e. The first-order valence-electron chi connectivity index (χ1n) is 14.5. The van der Waals surface area contributed by atoms with Crippen LogP contribution in [-0.4, -0.2) is 74.1 Å². The van der Waals surface area contributed by atoms with E-state index in [0.29, 0.717) is 24.5 Å². The summed E-state index contributed by atoms with van der Waals surface area (Å²) < 4.78 is 36.2. The average molecular weight is 586 g/mol. The van der Waals surface area contributed by atoms with Crippen LogP contribution in [0.4, 0.5) is 4.39 Å². The number of hydrogen-bond acceptors (Lipinski definition) is 6. The number of alkyl halides is 1. The molecule has 6 rings (SSSR count). The zero-order valence-electron chi connectivity index (χ0n) is 23.1. The predicted octanol–water partition coefficient (Wildman–Crippen LogP) is 2.07. The van der Waals surface area contributed by atoms with Gasteiger partial charge >= 0.3 is 0 Å². The van der Waals surface area contributed by atoms with Crippen molar-refractivity contribution >= 4 is 28.7 Å². The Morgan fingerprint density at radius 2 is 1.93 bits per heavy atom. The van der Waals surface area contributed by atoms with Crippen LogP contribution in [0.25, 0.3) is 0 Å². The van der Waals surface area contributed by atoms with Crippen molar-refractivity contribution in [3.05, 3.63) is 29.8 Å². The number of fused-ring (bicyclic) bond motifs is 1. The highest BCUT2D eigenvalue weighted by Gasteiger charge is 2.56. The van der Waals surface area contributed by atoms with Crippen molar-refractivity contribution in [1.82, 2.24) is 19.8 Å². The topological polar surface area (TPSA) is 132 Å². The summed E-state index contributed by atoms with van der Waals surface area (Å²) in [6.07, 6.45) is 5.05. The number of hydrogen-bond donors (Lipinski definition) is 2. The van der Waals surface area contributed by atoms with E-state index in [4.69, 9.17) is 4.74 Å². The minimum Gasteiger partial charge on any atom is -0.475 e. The Balaban J connectivity index is 1.23. The van der Waals surface area contributed by atoms with Crippen molar-refractivity contribution in [2.45, 2.75) is 93.1 Å². The quantitative estimate of drug-likeness (QED) is 0.432. The highest BCUT2D eigenvalue weighted by molar-refractivity contribution is 7.84. The second kappa shape index (κ2) is 10.7. The number of nitriles is 1. The molecule has 1 spiro atoms. The van der Waals surface area contributed by atoms with Gasteiger partial charge in [-0.1, -0.05) is 43.9 Å². The maximum Gasteiger partial charge on any atom is 0.266 e. The highest BCUT2D eigenvalue weighted by atomic mass is 32.2. The number of rotatable bonds is 10. The second-order valence-electron chi connectivity index (χ2n) is 12.3. The standard InChI is InChI=1S/C29H36FN5O5S/c1-34(25(36)22(12-18-6-7-18)33-41(39)29(30)10-11-29)23(13-19-8-9-19)26(37)35-17-28(14-21(35)15-31)27(38)32-16-20-4-2-3-5-24(20)40-28/h2-5,18-19,21-23,33H,6-14,16-17H2,1H3,(H,32,38). The summed E-state index contributed by atoms with van der Waals surface area (Å²) in [5, 5.41) is 11.1. The number of ether oxygens (including phenoxy) is 1. The van der Waals surface area contributed by atoms with Crippen molar-refractivity contribution in [1.29, 1.82) is 5.26 Å². The SMILES string of the molecule is CN(C(=O)C(CC1CC1)NS(=O)C1(F)CC1)C(CC1CC1)C(=O)N1CC2(CC1C#N)Oc1ccccc1CNC2=O. The van der Waals surface area contributed by atoms with E-state index in [0.717, 1.165) is 31.2 Å². The third-order valence-electron chi connectivity index (χ3n) is 9.03. The van der Waals surface area contributed by atoms with Gasteiger partial charge in [0.1, 0.15) is 28.8 Å². The molecule has 12 heteroatoms. The molecule has 3 aliphatic carbocycles. The van der Waals surface area contributed by atoms with Crippen LogP contribution >= 0.6 is 0 Å². The average Bonchev–Trinajstić information content (AvgIpc) is 3.85. The highest BCUT2D eigenvalue weighted by Crippen LogP contribution is 2.43. The van der Waals surface area contributed by atoms with Crippen LogP contribution in [0, 0.1) is 23.2 Å². The number of carbonyl (C=O) groups is 3. The fourth-order valence-electron chi connectivity index (χ4n) is 5.89. The lowest BCUT2D eigenvalue weighted by Crippen LogP contribution is -2.57. The summed E-state index contributed by atoms with van der Waals surface area (Å²) in [7, 11) is -0.454. The first kappa shape index (κ1) is 28.1. The Bertz CT molecular complexity index is 1310. The Morgan fingerprint density at radius 3 is 2.59 bits per heavy atom. The number of nitrogens with one attached hydrogen (secondary N) is 2. The monoisotopic (exact) mass is 585 g/mol. The number of likely N-dealkylation sites (N-methyl/N-ethyl adjacent to an activating group) is 1. The molecule has 1 aromatic rings. The molecule has 10 nitrogen and oxygen atoms in total. The van der Waals surface area contributed by atoms with Crippen molar-refractivity contribution in [3.8, 4) is 11.8 Å². The molecule has 2 aliphatic heterocycles. The normalized spacial score (nSPS) is 28.4. The fraction of sp³-hybridized carbons (Fsp3) is 0.655. The summed E-state index contributed by atoms with van der Waals surface area (Å²) >= 11 is 0. The lowest BCUT2D eigenvalue weighted by atomic mass is 9.99. The van der Waals surface area contributed by atoms with Crippen LogP contribution in [0.5, 0.6) is 5.75 Å². The Kier molecular flexibility index (Phi) is 7.30. The molecule has 0 bridgehead atoms. The molecule has 5 atom stereocenters. The summed E-state index contributed by atoms with van der Waals surface area (Å²) in [5.41, 5.74) is -0.622. The number of halogens is 1. The third-order valence-corrected chi connectivity index (χ3v) is 10.6. The van der Waals surface area contributed by atoms with E-state index in [1.807, 2.05) is 12.1 Å². The maximum absolute atomic E-state index is 14.5. The molecule has 0 radical (unpaired) electrons. The lowest BCUT2D eigenvalue weighted by Gasteiger charge is -2.34. The summed E-state index contributed by atoms with van der Waals surface area (Å²) in [6, 6.07) is 6.79. The van der Waals surface area contributed by atoms with E-state index >= 15 is 0 Å². The van der Waals surface area contributed by atoms with Gasteiger partial charge in [-0.2, -0.15) is 5.26 Å². The Morgan fingerprint density at radius 1 is 1.24 bits per heavy atom.